The van der Waals surface area contributed by atoms with Crippen LogP contribution in [0.2, 0.25) is 5.02 Å². The Labute approximate surface area is 129 Å². The van der Waals surface area contributed by atoms with Crippen molar-refractivity contribution in [1.29, 1.82) is 0 Å². The number of para-hydroxylation sites is 1. The Morgan fingerprint density at radius 3 is 2.24 bits per heavy atom. The summed E-state index contributed by atoms with van der Waals surface area (Å²) in [6, 6.07) is 13.2. The lowest BCUT2D eigenvalue weighted by molar-refractivity contribution is 0.393. The zero-order valence-corrected chi connectivity index (χ0v) is 12.9. The van der Waals surface area contributed by atoms with Crippen molar-refractivity contribution < 1.29 is 9.47 Å². The summed E-state index contributed by atoms with van der Waals surface area (Å²) < 4.78 is 10.6. The largest absolute Gasteiger partial charge is 0.497 e. The maximum absolute atomic E-state index is 6.18. The van der Waals surface area contributed by atoms with E-state index in [9.17, 15) is 0 Å². The van der Waals surface area contributed by atoms with Crippen LogP contribution in [0.5, 0.6) is 11.5 Å². The molecule has 0 amide bonds. The summed E-state index contributed by atoms with van der Waals surface area (Å²) in [6.45, 7) is 0.418. The Bertz CT molecular complexity index is 582. The maximum Gasteiger partial charge on any atom is 0.122 e. The van der Waals surface area contributed by atoms with E-state index in [0.717, 1.165) is 22.7 Å². The number of rotatable bonds is 6. The molecule has 4 nitrogen and oxygen atoms in total. The van der Waals surface area contributed by atoms with E-state index < -0.39 is 0 Å². The predicted molar refractivity (Wildman–Crippen MR) is 86.4 cm³/mol. The number of halogens is 1. The third-order valence-electron chi connectivity index (χ3n) is 3.22. The molecule has 0 saturated carbocycles. The Morgan fingerprint density at radius 1 is 1.10 bits per heavy atom. The summed E-state index contributed by atoms with van der Waals surface area (Å²) in [5.74, 6) is 1.45. The molecule has 21 heavy (non-hydrogen) atoms. The van der Waals surface area contributed by atoms with Crippen molar-refractivity contribution in [2.75, 3.05) is 26.1 Å². The second-order valence-electron chi connectivity index (χ2n) is 4.56. The molecular weight excluding hydrogens is 288 g/mol. The summed E-state index contributed by atoms with van der Waals surface area (Å²) in [5, 5.41) is 4.01. The molecule has 0 fully saturated rings. The first-order valence-electron chi connectivity index (χ1n) is 6.62. The monoisotopic (exact) mass is 306 g/mol. The number of ether oxygens (including phenoxy) is 2. The Kier molecular flexibility index (Phi) is 5.31. The number of nitrogens with two attached hydrogens (primary N) is 1. The van der Waals surface area contributed by atoms with E-state index in [1.54, 1.807) is 14.2 Å². The smallest absolute Gasteiger partial charge is 0.122 e. The van der Waals surface area contributed by atoms with Crippen molar-refractivity contribution in [2.45, 2.75) is 6.04 Å². The molecule has 0 bridgehead atoms. The van der Waals surface area contributed by atoms with E-state index in [0.29, 0.717) is 11.6 Å². The van der Waals surface area contributed by atoms with E-state index in [1.165, 1.54) is 0 Å². The fourth-order valence-corrected chi connectivity index (χ4v) is 2.27. The third-order valence-corrected chi connectivity index (χ3v) is 3.55. The van der Waals surface area contributed by atoms with Crippen LogP contribution < -0.4 is 20.5 Å². The molecule has 0 aromatic heterocycles. The van der Waals surface area contributed by atoms with Gasteiger partial charge in [-0.15, -0.1) is 0 Å². The van der Waals surface area contributed by atoms with Crippen molar-refractivity contribution in [3.05, 3.63) is 53.1 Å². The molecule has 2 rings (SSSR count). The Morgan fingerprint density at radius 2 is 1.71 bits per heavy atom. The van der Waals surface area contributed by atoms with Gasteiger partial charge in [-0.25, -0.2) is 0 Å². The van der Waals surface area contributed by atoms with E-state index >= 15 is 0 Å². The van der Waals surface area contributed by atoms with Gasteiger partial charge in [-0.05, 0) is 29.8 Å². The molecule has 0 saturated heterocycles. The molecule has 0 aliphatic rings. The highest BCUT2D eigenvalue weighted by atomic mass is 35.5. The van der Waals surface area contributed by atoms with Gasteiger partial charge in [0.25, 0.3) is 0 Å². The van der Waals surface area contributed by atoms with Crippen LogP contribution >= 0.6 is 11.6 Å². The number of benzene rings is 2. The van der Waals surface area contributed by atoms with Gasteiger partial charge in [-0.1, -0.05) is 23.7 Å². The first-order chi connectivity index (χ1) is 10.2. The highest BCUT2D eigenvalue weighted by Gasteiger charge is 2.13. The van der Waals surface area contributed by atoms with Gasteiger partial charge < -0.3 is 20.5 Å². The normalized spacial score (nSPS) is 11.8. The first-order valence-corrected chi connectivity index (χ1v) is 6.99. The Balaban J connectivity index is 2.31. The lowest BCUT2D eigenvalue weighted by Crippen LogP contribution is -2.20. The van der Waals surface area contributed by atoms with Gasteiger partial charge >= 0.3 is 0 Å². The summed E-state index contributed by atoms with van der Waals surface area (Å²) in [4.78, 5) is 0. The average Bonchev–Trinajstić information content (AvgIpc) is 2.53. The molecule has 5 heteroatoms. The van der Waals surface area contributed by atoms with Crippen LogP contribution in [0.1, 0.15) is 11.6 Å². The molecule has 0 spiro atoms. The van der Waals surface area contributed by atoms with Gasteiger partial charge in [0.2, 0.25) is 0 Å². The van der Waals surface area contributed by atoms with E-state index in [2.05, 4.69) is 5.32 Å². The number of hydrogen-bond acceptors (Lipinski definition) is 4. The van der Waals surface area contributed by atoms with Gasteiger partial charge in [-0.3, -0.25) is 0 Å². The second-order valence-corrected chi connectivity index (χ2v) is 4.97. The number of hydrogen-bond donors (Lipinski definition) is 2. The van der Waals surface area contributed by atoms with Crippen LogP contribution in [0.4, 0.5) is 5.69 Å². The average molecular weight is 307 g/mol. The van der Waals surface area contributed by atoms with Crippen molar-refractivity contribution in [3.8, 4) is 11.5 Å². The summed E-state index contributed by atoms with van der Waals surface area (Å²) in [5.41, 5.74) is 7.72. The minimum absolute atomic E-state index is 0.0890. The molecular formula is C16H19ClN2O2. The first kappa shape index (κ1) is 15.5. The minimum Gasteiger partial charge on any atom is -0.497 e. The molecule has 0 radical (unpaired) electrons. The lowest BCUT2D eigenvalue weighted by atomic mass is 10.1. The fraction of sp³-hybridized carbons (Fsp3) is 0.250. The SMILES string of the molecule is COc1cc(OC)cc(C(CN)Nc2ccccc2Cl)c1. The fourth-order valence-electron chi connectivity index (χ4n) is 2.07. The molecule has 2 aromatic carbocycles. The number of anilines is 1. The van der Waals surface area contributed by atoms with E-state index in [1.807, 2.05) is 42.5 Å². The van der Waals surface area contributed by atoms with Crippen LogP contribution in [0.15, 0.2) is 42.5 Å². The highest BCUT2D eigenvalue weighted by molar-refractivity contribution is 6.33. The van der Waals surface area contributed by atoms with E-state index in [-0.39, 0.29) is 6.04 Å². The van der Waals surface area contributed by atoms with Gasteiger partial charge in [0, 0.05) is 12.6 Å². The zero-order chi connectivity index (χ0) is 15.2. The molecule has 112 valence electrons. The zero-order valence-electron chi connectivity index (χ0n) is 12.1. The summed E-state index contributed by atoms with van der Waals surface area (Å²) in [7, 11) is 3.25. The second kappa shape index (κ2) is 7.20. The van der Waals surface area contributed by atoms with Crippen LogP contribution in [0.25, 0.3) is 0 Å². The topological polar surface area (TPSA) is 56.5 Å². The maximum atomic E-state index is 6.18. The summed E-state index contributed by atoms with van der Waals surface area (Å²) in [6.07, 6.45) is 0. The molecule has 2 aromatic rings. The van der Waals surface area contributed by atoms with Crippen molar-refractivity contribution in [2.24, 2.45) is 5.73 Å². The van der Waals surface area contributed by atoms with Gasteiger partial charge in [0.15, 0.2) is 0 Å². The van der Waals surface area contributed by atoms with E-state index in [4.69, 9.17) is 26.8 Å². The molecule has 1 atom stereocenters. The standard InChI is InChI=1S/C16H19ClN2O2/c1-20-12-7-11(8-13(9-12)21-2)16(10-18)19-15-6-4-3-5-14(15)17/h3-9,16,19H,10,18H2,1-2H3. The van der Waals surface area contributed by atoms with Crippen LogP contribution in [-0.4, -0.2) is 20.8 Å². The third kappa shape index (κ3) is 3.80. The molecule has 0 aliphatic carbocycles. The number of methoxy groups -OCH3 is 2. The van der Waals surface area contributed by atoms with Crippen LogP contribution in [-0.2, 0) is 0 Å². The van der Waals surface area contributed by atoms with Crippen molar-refractivity contribution in [3.63, 3.8) is 0 Å². The Hall–Kier alpha value is -1.91. The molecule has 0 heterocycles. The van der Waals surface area contributed by atoms with Crippen molar-refractivity contribution in [1.82, 2.24) is 0 Å². The molecule has 1 unspecified atom stereocenters. The minimum atomic E-state index is -0.0890. The van der Waals surface area contributed by atoms with Gasteiger partial charge in [0.05, 0.1) is 31.0 Å². The lowest BCUT2D eigenvalue weighted by Gasteiger charge is -2.20. The van der Waals surface area contributed by atoms with Crippen molar-refractivity contribution >= 4 is 17.3 Å². The quantitative estimate of drug-likeness (QED) is 0.858. The van der Waals surface area contributed by atoms with Gasteiger partial charge in [-0.2, -0.15) is 0 Å². The molecule has 0 aliphatic heterocycles. The predicted octanol–water partition coefficient (Wildman–Crippen LogP) is 3.47. The van der Waals surface area contributed by atoms with Crippen LogP contribution in [0, 0.1) is 0 Å². The number of nitrogens with one attached hydrogen (secondary N) is 1. The summed E-state index contributed by atoms with van der Waals surface area (Å²) >= 11 is 6.18. The molecule has 3 N–H and O–H groups in total. The van der Waals surface area contributed by atoms with Gasteiger partial charge in [0.1, 0.15) is 11.5 Å². The van der Waals surface area contributed by atoms with Crippen LogP contribution in [0.3, 0.4) is 0 Å². The highest BCUT2D eigenvalue weighted by Crippen LogP contribution is 2.30.